The van der Waals surface area contributed by atoms with E-state index in [0.29, 0.717) is 43.5 Å². The molecule has 1 unspecified atom stereocenters. The number of carbonyl (C=O) groups is 1. The Balaban J connectivity index is 1.20. The van der Waals surface area contributed by atoms with Gasteiger partial charge in [-0.05, 0) is 57.1 Å². The van der Waals surface area contributed by atoms with Gasteiger partial charge in [-0.3, -0.25) is 9.69 Å². The molecule has 4 rings (SSSR count). The topological polar surface area (TPSA) is 98.6 Å². The summed E-state index contributed by atoms with van der Waals surface area (Å²) in [6, 6.07) is 6.49. The second kappa shape index (κ2) is 9.81. The van der Waals surface area contributed by atoms with E-state index in [1.165, 1.54) is 6.33 Å². The van der Waals surface area contributed by atoms with Crippen LogP contribution in [-0.2, 0) is 4.79 Å². The highest BCUT2D eigenvalue weighted by atomic mass is 16.3. The molecule has 32 heavy (non-hydrogen) atoms. The Bertz CT molecular complexity index is 936. The molecule has 0 bridgehead atoms. The lowest BCUT2D eigenvalue weighted by Crippen LogP contribution is -2.56. The molecule has 2 heterocycles. The van der Waals surface area contributed by atoms with Crippen LogP contribution in [0.4, 0.5) is 5.82 Å². The Hall–Kier alpha value is -2.09. The van der Waals surface area contributed by atoms with Crippen LogP contribution >= 0.6 is 0 Å². The Morgan fingerprint density at radius 2 is 2.03 bits per heavy atom. The molecule has 7 nitrogen and oxygen atoms in total. The summed E-state index contributed by atoms with van der Waals surface area (Å²) in [7, 11) is 0. The smallest absolute Gasteiger partial charge is 0.152 e. The first-order valence-corrected chi connectivity index (χ1v) is 12.0. The molecule has 1 saturated heterocycles. The average Bonchev–Trinajstić information content (AvgIpc) is 2.75. The van der Waals surface area contributed by atoms with Crippen LogP contribution < -0.4 is 5.32 Å². The van der Waals surface area contributed by atoms with Crippen molar-refractivity contribution in [2.75, 3.05) is 25.0 Å². The normalized spacial score (nSPS) is 25.4. The van der Waals surface area contributed by atoms with Crippen molar-refractivity contribution in [2.45, 2.75) is 76.5 Å². The molecule has 2 aliphatic rings. The fraction of sp³-hybridized carbons (Fsp3) is 0.640. The highest BCUT2D eigenvalue weighted by Crippen LogP contribution is 2.37. The Kier molecular flexibility index (Phi) is 7.08. The van der Waals surface area contributed by atoms with Crippen molar-refractivity contribution in [1.82, 2.24) is 14.9 Å². The highest BCUT2D eigenvalue weighted by molar-refractivity contribution is 5.91. The molecule has 1 atom stereocenters. The number of nitrogens with one attached hydrogen (secondary N) is 1. The lowest BCUT2D eigenvalue weighted by atomic mass is 9.76. The van der Waals surface area contributed by atoms with E-state index >= 15 is 0 Å². The van der Waals surface area contributed by atoms with Crippen molar-refractivity contribution in [3.05, 3.63) is 30.1 Å². The predicted octanol–water partition coefficient (Wildman–Crippen LogP) is 3.08. The van der Waals surface area contributed by atoms with Gasteiger partial charge in [-0.1, -0.05) is 25.0 Å². The standard InChI is InChI=1S/C25H36N4O3/c1-3-4-23(31)25(32)9-7-19(8-10-25)29-14-18(15-29)12-20(30)13-26-24-21-11-17(2)5-6-22(21)27-16-28-24/h5-6,11,16,18-19,23,31-32H,3-4,7-10,12-15H2,1-2H3,(H,26,27,28). The summed E-state index contributed by atoms with van der Waals surface area (Å²) in [5.41, 5.74) is 1.09. The van der Waals surface area contributed by atoms with Gasteiger partial charge in [-0.25, -0.2) is 9.97 Å². The molecule has 3 N–H and O–H groups in total. The van der Waals surface area contributed by atoms with Crippen molar-refractivity contribution >= 4 is 22.5 Å². The first-order valence-electron chi connectivity index (χ1n) is 12.0. The van der Waals surface area contributed by atoms with E-state index < -0.39 is 11.7 Å². The summed E-state index contributed by atoms with van der Waals surface area (Å²) in [5, 5.41) is 25.1. The number of aryl methyl sites for hydroxylation is 1. The predicted molar refractivity (Wildman–Crippen MR) is 126 cm³/mol. The second-order valence-corrected chi connectivity index (χ2v) is 9.80. The lowest BCUT2D eigenvalue weighted by molar-refractivity contribution is -0.123. The number of likely N-dealkylation sites (tertiary alicyclic amines) is 1. The number of rotatable bonds is 9. The molecular weight excluding hydrogens is 404 g/mol. The number of nitrogens with zero attached hydrogens (tertiary/aromatic N) is 3. The van der Waals surface area contributed by atoms with E-state index in [1.807, 2.05) is 32.0 Å². The minimum absolute atomic E-state index is 0.203. The van der Waals surface area contributed by atoms with Crippen molar-refractivity contribution in [3.8, 4) is 0 Å². The monoisotopic (exact) mass is 440 g/mol. The van der Waals surface area contributed by atoms with Crippen molar-refractivity contribution in [2.24, 2.45) is 5.92 Å². The van der Waals surface area contributed by atoms with Crippen LogP contribution in [0.3, 0.4) is 0 Å². The number of anilines is 1. The number of aliphatic hydroxyl groups excluding tert-OH is 1. The van der Waals surface area contributed by atoms with E-state index in [9.17, 15) is 15.0 Å². The second-order valence-electron chi connectivity index (χ2n) is 9.80. The largest absolute Gasteiger partial charge is 0.390 e. The van der Waals surface area contributed by atoms with Crippen LogP contribution in [0.25, 0.3) is 10.9 Å². The molecule has 1 aliphatic carbocycles. The third-order valence-electron chi connectivity index (χ3n) is 7.27. The number of hydrogen-bond acceptors (Lipinski definition) is 7. The molecule has 2 aromatic rings. The molecule has 1 aliphatic heterocycles. The van der Waals surface area contributed by atoms with Crippen LogP contribution in [0.5, 0.6) is 0 Å². The summed E-state index contributed by atoms with van der Waals surface area (Å²) in [5.74, 6) is 1.32. The fourth-order valence-electron chi connectivity index (χ4n) is 5.27. The van der Waals surface area contributed by atoms with Gasteiger partial charge in [-0.15, -0.1) is 0 Å². The maximum Gasteiger partial charge on any atom is 0.152 e. The van der Waals surface area contributed by atoms with Gasteiger partial charge in [0.15, 0.2) is 5.78 Å². The first kappa shape index (κ1) is 23.1. The zero-order chi connectivity index (χ0) is 22.7. The number of aliphatic hydroxyl groups is 2. The van der Waals surface area contributed by atoms with Gasteiger partial charge >= 0.3 is 0 Å². The zero-order valence-electron chi connectivity index (χ0n) is 19.3. The zero-order valence-corrected chi connectivity index (χ0v) is 19.3. The van der Waals surface area contributed by atoms with Gasteiger partial charge in [-0.2, -0.15) is 0 Å². The van der Waals surface area contributed by atoms with E-state index in [-0.39, 0.29) is 12.3 Å². The number of fused-ring (bicyclic) bond motifs is 1. The third kappa shape index (κ3) is 5.11. The summed E-state index contributed by atoms with van der Waals surface area (Å²) >= 11 is 0. The van der Waals surface area contributed by atoms with Crippen LogP contribution in [0, 0.1) is 12.8 Å². The first-order chi connectivity index (χ1) is 15.4. The molecule has 7 heteroatoms. The van der Waals surface area contributed by atoms with Gasteiger partial charge < -0.3 is 15.5 Å². The number of aromatic nitrogens is 2. The van der Waals surface area contributed by atoms with Crippen molar-refractivity contribution < 1.29 is 15.0 Å². The van der Waals surface area contributed by atoms with Crippen LogP contribution in [0.15, 0.2) is 24.5 Å². The lowest BCUT2D eigenvalue weighted by Gasteiger charge is -2.49. The summed E-state index contributed by atoms with van der Waals surface area (Å²) in [6.07, 6.45) is 6.20. The highest BCUT2D eigenvalue weighted by Gasteiger charge is 2.42. The molecule has 1 aromatic carbocycles. The molecule has 2 fully saturated rings. The Morgan fingerprint density at radius 3 is 2.75 bits per heavy atom. The van der Waals surface area contributed by atoms with Crippen LogP contribution in [-0.4, -0.2) is 68.2 Å². The van der Waals surface area contributed by atoms with Crippen LogP contribution in [0.2, 0.25) is 0 Å². The molecule has 1 aromatic heterocycles. The van der Waals surface area contributed by atoms with Gasteiger partial charge in [0.2, 0.25) is 0 Å². The fourth-order valence-corrected chi connectivity index (χ4v) is 5.27. The Labute approximate surface area is 190 Å². The number of benzene rings is 1. The quantitative estimate of drug-likeness (QED) is 0.551. The Morgan fingerprint density at radius 1 is 1.28 bits per heavy atom. The van der Waals surface area contributed by atoms with Gasteiger partial charge in [0.25, 0.3) is 0 Å². The van der Waals surface area contributed by atoms with E-state index in [4.69, 9.17) is 0 Å². The average molecular weight is 441 g/mol. The number of carbonyl (C=O) groups excluding carboxylic acids is 1. The minimum Gasteiger partial charge on any atom is -0.390 e. The summed E-state index contributed by atoms with van der Waals surface area (Å²) in [6.45, 7) is 6.24. The van der Waals surface area contributed by atoms with E-state index in [1.54, 1.807) is 0 Å². The summed E-state index contributed by atoms with van der Waals surface area (Å²) in [4.78, 5) is 23.6. The van der Waals surface area contributed by atoms with Gasteiger partial charge in [0.05, 0.1) is 23.8 Å². The van der Waals surface area contributed by atoms with Crippen LogP contribution in [0.1, 0.15) is 57.4 Å². The maximum atomic E-state index is 12.5. The van der Waals surface area contributed by atoms with E-state index in [2.05, 4.69) is 20.2 Å². The SMILES string of the molecule is CCCC(O)C1(O)CCC(N2CC(CC(=O)CNc3ncnc4ccc(C)cc34)C2)CC1. The summed E-state index contributed by atoms with van der Waals surface area (Å²) < 4.78 is 0. The molecule has 174 valence electrons. The van der Waals surface area contributed by atoms with Gasteiger partial charge in [0, 0.05) is 30.9 Å². The van der Waals surface area contributed by atoms with Crippen molar-refractivity contribution in [3.63, 3.8) is 0 Å². The molecule has 0 amide bonds. The number of Topliss-reactive ketones (excluding diaryl/α,β-unsaturated/α-hetero) is 1. The maximum absolute atomic E-state index is 12.5. The number of hydrogen-bond donors (Lipinski definition) is 3. The third-order valence-corrected chi connectivity index (χ3v) is 7.27. The molecule has 0 spiro atoms. The number of ketones is 1. The molecular formula is C25H36N4O3. The van der Waals surface area contributed by atoms with Crippen molar-refractivity contribution in [1.29, 1.82) is 0 Å². The molecule has 1 saturated carbocycles. The minimum atomic E-state index is -0.915. The van der Waals surface area contributed by atoms with Gasteiger partial charge in [0.1, 0.15) is 12.1 Å². The van der Waals surface area contributed by atoms with E-state index in [0.717, 1.165) is 48.8 Å². The molecule has 0 radical (unpaired) electrons.